The van der Waals surface area contributed by atoms with E-state index in [0.717, 1.165) is 11.8 Å². The molecular weight excluding hydrogens is 442 g/mol. The van der Waals surface area contributed by atoms with E-state index in [1.165, 1.54) is 7.11 Å². The van der Waals surface area contributed by atoms with E-state index in [4.69, 9.17) is 9.47 Å². The van der Waals surface area contributed by atoms with Gasteiger partial charge in [-0.05, 0) is 36.8 Å². The summed E-state index contributed by atoms with van der Waals surface area (Å²) in [7, 11) is 1.20. The van der Waals surface area contributed by atoms with Gasteiger partial charge in [-0.25, -0.2) is 0 Å². The number of methoxy groups -OCH3 is 1. The number of nitrogens with one attached hydrogen (secondary N) is 2. The van der Waals surface area contributed by atoms with Crippen molar-refractivity contribution >= 4 is 35.2 Å². The van der Waals surface area contributed by atoms with Crippen LogP contribution in [0.2, 0.25) is 0 Å². The lowest BCUT2D eigenvalue weighted by molar-refractivity contribution is -0.150. The second kappa shape index (κ2) is 11.2. The number of carbonyl (C=O) groups excluding carboxylic acids is 3. The number of ether oxygens (including phenoxy) is 2. The molecule has 8 nitrogen and oxygen atoms in total. The molecule has 9 heteroatoms. The van der Waals surface area contributed by atoms with Crippen molar-refractivity contribution in [2.45, 2.75) is 12.8 Å². The van der Waals surface area contributed by atoms with E-state index in [1.54, 1.807) is 54.6 Å². The Bertz CT molecular complexity index is 1090. The van der Waals surface area contributed by atoms with Crippen LogP contribution in [0.3, 0.4) is 0 Å². The lowest BCUT2D eigenvalue weighted by Crippen LogP contribution is -2.44. The van der Waals surface area contributed by atoms with Gasteiger partial charge in [-0.2, -0.15) is 5.26 Å². The fraction of sp³-hybridized carbons (Fsp3) is 0.250. The van der Waals surface area contributed by atoms with Crippen molar-refractivity contribution in [3.05, 3.63) is 70.8 Å². The minimum Gasteiger partial charge on any atom is -0.494 e. The number of nitriles is 1. The second-order valence-corrected chi connectivity index (χ2v) is 8.01. The zero-order chi connectivity index (χ0) is 23.8. The summed E-state index contributed by atoms with van der Waals surface area (Å²) in [4.78, 5) is 37.6. The maximum Gasteiger partial charge on any atom is 0.319 e. The van der Waals surface area contributed by atoms with Crippen LogP contribution in [0.5, 0.6) is 5.75 Å². The van der Waals surface area contributed by atoms with Crippen molar-refractivity contribution in [1.29, 1.82) is 5.26 Å². The molecule has 1 aliphatic rings. The summed E-state index contributed by atoms with van der Waals surface area (Å²) in [5, 5.41) is 15.5. The molecule has 0 bridgehead atoms. The number of allylic oxidation sites excluding steroid dienone is 1. The van der Waals surface area contributed by atoms with Crippen molar-refractivity contribution in [2.75, 3.05) is 24.8 Å². The first kappa shape index (κ1) is 23.9. The molecule has 0 saturated heterocycles. The normalized spacial score (nSPS) is 17.5. The van der Waals surface area contributed by atoms with Crippen molar-refractivity contribution in [2.24, 2.45) is 5.92 Å². The van der Waals surface area contributed by atoms with Gasteiger partial charge < -0.3 is 20.1 Å². The standard InChI is InChI=1S/C24H23N3O5S/c1-3-32-17-11-9-16(10-12-17)26-19(28)14-33-23-18(13-25)20(15-7-5-4-6-8-15)21(22(29)27-23)24(30)31-2/h4-12,20-21H,3,14H2,1-2H3,(H,26,28)(H,27,29)/t20-,21-/m1/s1. The number of benzene rings is 2. The van der Waals surface area contributed by atoms with Crippen molar-refractivity contribution in [3.8, 4) is 11.8 Å². The van der Waals surface area contributed by atoms with Crippen LogP contribution in [-0.4, -0.2) is 37.3 Å². The summed E-state index contributed by atoms with van der Waals surface area (Å²) in [6, 6.07) is 17.9. The van der Waals surface area contributed by atoms with E-state index >= 15 is 0 Å². The summed E-state index contributed by atoms with van der Waals surface area (Å²) in [5.74, 6) is -2.97. The predicted octanol–water partition coefficient (Wildman–Crippen LogP) is 3.19. The fourth-order valence-corrected chi connectivity index (χ4v) is 4.32. The number of anilines is 1. The molecule has 170 valence electrons. The molecule has 3 rings (SSSR count). The Morgan fingerprint density at radius 3 is 2.45 bits per heavy atom. The number of nitrogens with zero attached hydrogens (tertiary/aromatic N) is 1. The summed E-state index contributed by atoms with van der Waals surface area (Å²) in [6.45, 7) is 2.43. The quantitative estimate of drug-likeness (QED) is 0.454. The monoisotopic (exact) mass is 465 g/mol. The molecule has 0 fully saturated rings. The number of esters is 1. The number of rotatable bonds is 8. The van der Waals surface area contributed by atoms with E-state index in [0.29, 0.717) is 23.6 Å². The Balaban J connectivity index is 1.79. The molecule has 2 N–H and O–H groups in total. The Morgan fingerprint density at radius 1 is 1.15 bits per heavy atom. The van der Waals surface area contributed by atoms with E-state index in [9.17, 15) is 19.6 Å². The van der Waals surface area contributed by atoms with Crippen molar-refractivity contribution < 1.29 is 23.9 Å². The topological polar surface area (TPSA) is 118 Å². The summed E-state index contributed by atoms with van der Waals surface area (Å²) in [5.41, 5.74) is 1.44. The van der Waals surface area contributed by atoms with E-state index in [2.05, 4.69) is 16.7 Å². The van der Waals surface area contributed by atoms with Crippen LogP contribution < -0.4 is 15.4 Å². The number of thioether (sulfide) groups is 1. The van der Waals surface area contributed by atoms with Crippen LogP contribution in [0.15, 0.2) is 65.2 Å². The van der Waals surface area contributed by atoms with Crippen LogP contribution in [-0.2, 0) is 19.1 Å². The van der Waals surface area contributed by atoms with Gasteiger partial charge in [-0.15, -0.1) is 0 Å². The maximum atomic E-state index is 12.8. The first-order valence-corrected chi connectivity index (χ1v) is 11.2. The third-order valence-corrected chi connectivity index (χ3v) is 5.96. The van der Waals surface area contributed by atoms with Crippen LogP contribution in [0.4, 0.5) is 5.69 Å². The van der Waals surface area contributed by atoms with Crippen molar-refractivity contribution in [1.82, 2.24) is 5.32 Å². The Labute approximate surface area is 195 Å². The van der Waals surface area contributed by atoms with E-state index in [1.807, 2.05) is 6.92 Å². The molecule has 0 radical (unpaired) electrons. The lowest BCUT2D eigenvalue weighted by atomic mass is 9.78. The molecular formula is C24H23N3O5S. The third-order valence-electron chi connectivity index (χ3n) is 4.94. The number of hydrogen-bond acceptors (Lipinski definition) is 7. The molecule has 2 aromatic carbocycles. The Hall–Kier alpha value is -3.77. The average Bonchev–Trinajstić information content (AvgIpc) is 2.83. The molecule has 1 aliphatic heterocycles. The van der Waals surface area contributed by atoms with Gasteiger partial charge in [0.25, 0.3) is 0 Å². The zero-order valence-corrected chi connectivity index (χ0v) is 19.0. The van der Waals surface area contributed by atoms with Gasteiger partial charge in [0.2, 0.25) is 11.8 Å². The molecule has 0 aromatic heterocycles. The first-order chi connectivity index (χ1) is 16.0. The SMILES string of the molecule is CCOc1ccc(NC(=O)CSC2=C(C#N)[C@@H](c3ccccc3)[C@@H](C(=O)OC)C(=O)N2)cc1. The Kier molecular flexibility index (Phi) is 8.11. The summed E-state index contributed by atoms with van der Waals surface area (Å²) in [6.07, 6.45) is 0. The number of amides is 2. The van der Waals surface area contributed by atoms with E-state index < -0.39 is 23.7 Å². The number of carbonyl (C=O) groups is 3. The highest BCUT2D eigenvalue weighted by atomic mass is 32.2. The van der Waals surface area contributed by atoms with E-state index in [-0.39, 0.29) is 22.3 Å². The molecule has 1 heterocycles. The molecule has 0 saturated carbocycles. The van der Waals surface area contributed by atoms with Crippen molar-refractivity contribution in [3.63, 3.8) is 0 Å². The average molecular weight is 466 g/mol. The summed E-state index contributed by atoms with van der Waals surface area (Å²) >= 11 is 1.03. The van der Waals surface area contributed by atoms with Crippen LogP contribution >= 0.6 is 11.8 Å². The molecule has 0 unspecified atom stereocenters. The summed E-state index contributed by atoms with van der Waals surface area (Å²) < 4.78 is 10.2. The van der Waals surface area contributed by atoms with Gasteiger partial charge >= 0.3 is 5.97 Å². The largest absolute Gasteiger partial charge is 0.494 e. The molecule has 0 aliphatic carbocycles. The van der Waals surface area contributed by atoms with Crippen LogP contribution in [0.25, 0.3) is 0 Å². The van der Waals surface area contributed by atoms with Gasteiger partial charge in [0.05, 0.1) is 36.1 Å². The van der Waals surface area contributed by atoms with Gasteiger partial charge in [-0.3, -0.25) is 14.4 Å². The van der Waals surface area contributed by atoms with Crippen LogP contribution in [0, 0.1) is 17.2 Å². The van der Waals surface area contributed by atoms with Crippen LogP contribution in [0.1, 0.15) is 18.4 Å². The number of hydrogen-bond donors (Lipinski definition) is 2. The zero-order valence-electron chi connectivity index (χ0n) is 18.2. The predicted molar refractivity (Wildman–Crippen MR) is 124 cm³/mol. The fourth-order valence-electron chi connectivity index (χ4n) is 3.48. The van der Waals surface area contributed by atoms with Gasteiger partial charge in [0.15, 0.2) is 0 Å². The highest BCUT2D eigenvalue weighted by Gasteiger charge is 2.44. The Morgan fingerprint density at radius 2 is 1.85 bits per heavy atom. The molecule has 0 spiro atoms. The minimum absolute atomic E-state index is 0.0432. The minimum atomic E-state index is -1.20. The third kappa shape index (κ3) is 5.73. The highest BCUT2D eigenvalue weighted by Crippen LogP contribution is 2.40. The molecule has 2 amide bonds. The second-order valence-electron chi connectivity index (χ2n) is 7.03. The maximum absolute atomic E-state index is 12.8. The van der Waals surface area contributed by atoms with Gasteiger partial charge in [-0.1, -0.05) is 42.1 Å². The smallest absolute Gasteiger partial charge is 0.319 e. The lowest BCUT2D eigenvalue weighted by Gasteiger charge is -2.30. The molecule has 2 aromatic rings. The molecule has 33 heavy (non-hydrogen) atoms. The highest BCUT2D eigenvalue weighted by molar-refractivity contribution is 8.03. The van der Waals surface area contributed by atoms with Gasteiger partial charge in [0.1, 0.15) is 11.7 Å². The van der Waals surface area contributed by atoms with Gasteiger partial charge in [0, 0.05) is 11.6 Å². The molecule has 2 atom stereocenters. The first-order valence-electron chi connectivity index (χ1n) is 10.2.